The van der Waals surface area contributed by atoms with E-state index < -0.39 is 5.88 Å². The molecular formula is C19H13ClN4O2S3. The van der Waals surface area contributed by atoms with Gasteiger partial charge >= 0.3 is 0 Å². The van der Waals surface area contributed by atoms with Gasteiger partial charge in [-0.1, -0.05) is 53.8 Å². The maximum absolute atomic E-state index is 13.3. The van der Waals surface area contributed by atoms with Gasteiger partial charge < -0.3 is 10.8 Å². The second kappa shape index (κ2) is 7.68. The molecule has 2 heterocycles. The number of hydrogen-bond donors (Lipinski definition) is 3. The van der Waals surface area contributed by atoms with Crippen molar-refractivity contribution in [3.8, 4) is 5.69 Å². The smallest absolute Gasteiger partial charge is 0.273 e. The summed E-state index contributed by atoms with van der Waals surface area (Å²) in [6, 6.07) is 15.9. The van der Waals surface area contributed by atoms with Crippen LogP contribution >= 0.6 is 46.9 Å². The van der Waals surface area contributed by atoms with Crippen LogP contribution in [-0.2, 0) is 4.79 Å². The van der Waals surface area contributed by atoms with Gasteiger partial charge in [0.1, 0.15) is 14.1 Å². The number of nitrogens with one attached hydrogen (secondary N) is 1. The van der Waals surface area contributed by atoms with Crippen molar-refractivity contribution in [2.24, 2.45) is 5.73 Å². The highest BCUT2D eigenvalue weighted by atomic mass is 35.5. The Morgan fingerprint density at radius 2 is 1.76 bits per heavy atom. The molecule has 3 aromatic rings. The minimum absolute atomic E-state index is 0.00652. The molecule has 0 unspecified atom stereocenters. The van der Waals surface area contributed by atoms with Crippen LogP contribution in [0.25, 0.3) is 16.5 Å². The number of nitrogens with zero attached hydrogens (tertiary/aromatic N) is 2. The van der Waals surface area contributed by atoms with Gasteiger partial charge in [-0.25, -0.2) is 0 Å². The number of para-hydroxylation sites is 1. The molecule has 1 saturated heterocycles. The summed E-state index contributed by atoms with van der Waals surface area (Å²) in [5, 5.41) is 18.9. The minimum atomic E-state index is -0.468. The summed E-state index contributed by atoms with van der Waals surface area (Å²) in [5.74, 6) is -0.777. The monoisotopic (exact) mass is 460 g/mol. The van der Waals surface area contributed by atoms with Crippen molar-refractivity contribution in [2.75, 3.05) is 4.90 Å². The Bertz CT molecular complexity index is 1310. The predicted octanol–water partition coefficient (Wildman–Crippen LogP) is 2.43. The first-order valence-corrected chi connectivity index (χ1v) is 10.7. The molecule has 1 aliphatic heterocycles. The van der Waals surface area contributed by atoms with Gasteiger partial charge in [0.05, 0.1) is 5.69 Å². The van der Waals surface area contributed by atoms with Gasteiger partial charge in [0.15, 0.2) is 9.81 Å². The first-order chi connectivity index (χ1) is 13.9. The van der Waals surface area contributed by atoms with Gasteiger partial charge in [-0.05, 0) is 36.4 Å². The summed E-state index contributed by atoms with van der Waals surface area (Å²) in [5.41, 5.74) is 6.84. The number of benzene rings is 2. The van der Waals surface area contributed by atoms with E-state index in [2.05, 4.69) is 0 Å². The molecule has 146 valence electrons. The van der Waals surface area contributed by atoms with Crippen LogP contribution in [0.15, 0.2) is 54.6 Å². The van der Waals surface area contributed by atoms with Crippen molar-refractivity contribution in [1.82, 2.24) is 4.57 Å². The molecule has 4 N–H and O–H groups in total. The molecule has 0 aliphatic carbocycles. The third-order valence-electron chi connectivity index (χ3n) is 4.14. The quantitative estimate of drug-likeness (QED) is 0.510. The van der Waals surface area contributed by atoms with Crippen LogP contribution in [0.1, 0.15) is 0 Å². The number of aliphatic hydroxyl groups is 1. The van der Waals surface area contributed by atoms with E-state index in [1.165, 1.54) is 4.90 Å². The summed E-state index contributed by atoms with van der Waals surface area (Å²) in [7, 11) is 0. The second-order valence-electron chi connectivity index (χ2n) is 5.96. The van der Waals surface area contributed by atoms with Gasteiger partial charge in [0, 0.05) is 10.7 Å². The topological polar surface area (TPSA) is 95.3 Å². The standard InChI is InChI=1S/C19H13ClN4O2S3/c20-10-6-8-12(9-7-10)24-17(26)14(29-19(24)27)18-23(11-4-2-1-3-5-11)15(21)13(28-18)16(22)25/h1-9,21,25H,22H2/b16-13+,18-14+,21-15?. The van der Waals surface area contributed by atoms with Gasteiger partial charge in [0.2, 0.25) is 5.88 Å². The highest BCUT2D eigenvalue weighted by Crippen LogP contribution is 2.35. The number of anilines is 1. The van der Waals surface area contributed by atoms with Crippen LogP contribution in [0.4, 0.5) is 5.69 Å². The molecule has 6 nitrogen and oxygen atoms in total. The molecule has 1 amide bonds. The number of thiocarbonyl (C=S) groups is 1. The molecule has 1 fully saturated rings. The Morgan fingerprint density at radius 3 is 2.38 bits per heavy atom. The number of amides is 1. The summed E-state index contributed by atoms with van der Waals surface area (Å²) in [6.07, 6.45) is 0. The number of nitrogens with two attached hydrogens (primary N) is 1. The Balaban J connectivity index is 1.99. The molecule has 0 radical (unpaired) electrons. The molecule has 29 heavy (non-hydrogen) atoms. The van der Waals surface area contributed by atoms with Crippen LogP contribution in [0, 0.1) is 5.41 Å². The van der Waals surface area contributed by atoms with Crippen LogP contribution in [0.5, 0.6) is 0 Å². The van der Waals surface area contributed by atoms with Crippen molar-refractivity contribution in [1.29, 1.82) is 5.41 Å². The largest absolute Gasteiger partial charge is 0.494 e. The number of aliphatic hydroxyl groups excluding tert-OH is 1. The number of rotatable bonds is 2. The average molecular weight is 461 g/mol. The number of thioether (sulfide) groups is 1. The average Bonchev–Trinajstić information content (AvgIpc) is 3.19. The van der Waals surface area contributed by atoms with Gasteiger partial charge in [-0.3, -0.25) is 19.7 Å². The molecule has 0 saturated carbocycles. The molecule has 1 aliphatic rings. The highest BCUT2D eigenvalue weighted by Gasteiger charge is 2.35. The summed E-state index contributed by atoms with van der Waals surface area (Å²) >= 11 is 13.6. The lowest BCUT2D eigenvalue weighted by molar-refractivity contribution is -0.112. The molecule has 2 aromatic carbocycles. The van der Waals surface area contributed by atoms with Gasteiger partial charge in [-0.15, -0.1) is 11.3 Å². The second-order valence-corrected chi connectivity index (χ2v) is 9.03. The van der Waals surface area contributed by atoms with E-state index in [0.29, 0.717) is 30.3 Å². The van der Waals surface area contributed by atoms with Crippen molar-refractivity contribution < 1.29 is 9.90 Å². The number of carbonyl (C=O) groups is 1. The van der Waals surface area contributed by atoms with Crippen molar-refractivity contribution in [3.05, 3.63) is 74.3 Å². The van der Waals surface area contributed by atoms with Crippen LogP contribution in [-0.4, -0.2) is 19.9 Å². The zero-order valence-corrected chi connectivity index (χ0v) is 17.8. The zero-order chi connectivity index (χ0) is 20.7. The maximum Gasteiger partial charge on any atom is 0.273 e. The highest BCUT2D eigenvalue weighted by molar-refractivity contribution is 8.31. The molecule has 10 heteroatoms. The van der Waals surface area contributed by atoms with Gasteiger partial charge in [-0.2, -0.15) is 0 Å². The van der Waals surface area contributed by atoms with Crippen molar-refractivity contribution >= 4 is 73.6 Å². The fraction of sp³-hybridized carbons (Fsp3) is 0. The van der Waals surface area contributed by atoms with E-state index >= 15 is 0 Å². The normalized spacial score (nSPS) is 17.1. The number of thiazole rings is 1. The van der Waals surface area contributed by atoms with E-state index in [4.69, 9.17) is 35.0 Å². The molecule has 0 spiro atoms. The van der Waals surface area contributed by atoms with E-state index in [-0.39, 0.29) is 15.9 Å². The number of aromatic nitrogens is 1. The van der Waals surface area contributed by atoms with E-state index in [0.717, 1.165) is 23.1 Å². The summed E-state index contributed by atoms with van der Waals surface area (Å²) < 4.78 is 2.61. The Labute approximate surface area is 183 Å². The van der Waals surface area contributed by atoms with Crippen LogP contribution in [0.3, 0.4) is 0 Å². The van der Waals surface area contributed by atoms with Gasteiger partial charge in [0.25, 0.3) is 5.91 Å². The Hall–Kier alpha value is -2.59. The van der Waals surface area contributed by atoms with Crippen molar-refractivity contribution in [2.45, 2.75) is 0 Å². The van der Waals surface area contributed by atoms with E-state index in [1.54, 1.807) is 28.8 Å². The lowest BCUT2D eigenvalue weighted by Gasteiger charge is -2.14. The Kier molecular flexibility index (Phi) is 5.22. The lowest BCUT2D eigenvalue weighted by Crippen LogP contribution is -2.34. The van der Waals surface area contributed by atoms with Crippen LogP contribution in [0.2, 0.25) is 5.02 Å². The number of hydrogen-bond acceptors (Lipinski definition) is 7. The van der Waals surface area contributed by atoms with E-state index in [9.17, 15) is 9.90 Å². The first-order valence-electron chi connectivity index (χ1n) is 8.25. The first kappa shape index (κ1) is 19.7. The van der Waals surface area contributed by atoms with E-state index in [1.807, 2.05) is 30.3 Å². The van der Waals surface area contributed by atoms with Crippen LogP contribution < -0.4 is 25.3 Å². The summed E-state index contributed by atoms with van der Waals surface area (Å²) in [6.45, 7) is 0. The third kappa shape index (κ3) is 3.46. The summed E-state index contributed by atoms with van der Waals surface area (Å²) in [4.78, 5) is 15.0. The molecule has 0 bridgehead atoms. The zero-order valence-electron chi connectivity index (χ0n) is 14.6. The van der Waals surface area contributed by atoms with Crippen molar-refractivity contribution in [3.63, 3.8) is 0 Å². The minimum Gasteiger partial charge on any atom is -0.494 e. The molecule has 4 rings (SSSR count). The maximum atomic E-state index is 13.3. The third-order valence-corrected chi connectivity index (χ3v) is 7.07. The molecular weight excluding hydrogens is 448 g/mol. The molecule has 0 atom stereocenters. The molecule has 1 aromatic heterocycles. The SMILES string of the molecule is N=c1/c(=C(/N)O)s/c(=C2/SC(=S)N(c3ccc(Cl)cc3)C2=O)n1-c1ccccc1. The fourth-order valence-corrected chi connectivity index (χ4v) is 5.43. The number of carbonyl (C=O) groups excluding carboxylic acids is 1. The lowest BCUT2D eigenvalue weighted by atomic mass is 10.3. The fourth-order valence-electron chi connectivity index (χ4n) is 2.85. The predicted molar refractivity (Wildman–Crippen MR) is 122 cm³/mol. The Morgan fingerprint density at radius 1 is 1.10 bits per heavy atom. The number of halogens is 1.